The highest BCUT2D eigenvalue weighted by molar-refractivity contribution is 7.15. The summed E-state index contributed by atoms with van der Waals surface area (Å²) in [6.07, 6.45) is 0. The van der Waals surface area contributed by atoms with Crippen molar-refractivity contribution < 1.29 is 9.53 Å². The Morgan fingerprint density at radius 3 is 2.83 bits per heavy atom. The zero-order chi connectivity index (χ0) is 16.4. The minimum atomic E-state index is -0.273. The van der Waals surface area contributed by atoms with Crippen LogP contribution in [0.4, 0.5) is 5.13 Å². The summed E-state index contributed by atoms with van der Waals surface area (Å²) in [6, 6.07) is 9.27. The molecule has 118 valence electrons. The van der Waals surface area contributed by atoms with E-state index < -0.39 is 0 Å². The van der Waals surface area contributed by atoms with Crippen molar-refractivity contribution in [3.05, 3.63) is 41.0 Å². The Kier molecular flexibility index (Phi) is 4.07. The molecule has 0 aliphatic rings. The summed E-state index contributed by atoms with van der Waals surface area (Å²) in [5.41, 5.74) is 2.02. The number of ether oxygens (including phenoxy) is 1. The van der Waals surface area contributed by atoms with E-state index >= 15 is 0 Å². The summed E-state index contributed by atoms with van der Waals surface area (Å²) in [6.45, 7) is 1.83. The minimum Gasteiger partial charge on any atom is -0.497 e. The van der Waals surface area contributed by atoms with Gasteiger partial charge in [0.2, 0.25) is 5.13 Å². The van der Waals surface area contributed by atoms with E-state index in [1.54, 1.807) is 20.2 Å². The van der Waals surface area contributed by atoms with Crippen LogP contribution in [-0.4, -0.2) is 33.0 Å². The average molecular weight is 329 g/mol. The highest BCUT2D eigenvalue weighted by Crippen LogP contribution is 2.24. The first kappa shape index (κ1) is 15.2. The zero-order valence-electron chi connectivity index (χ0n) is 12.9. The van der Waals surface area contributed by atoms with E-state index in [0.717, 1.165) is 16.3 Å². The molecule has 0 atom stereocenters. The Morgan fingerprint density at radius 1 is 1.30 bits per heavy atom. The fourth-order valence-electron chi connectivity index (χ4n) is 2.11. The van der Waals surface area contributed by atoms with Gasteiger partial charge in [0.25, 0.3) is 5.91 Å². The van der Waals surface area contributed by atoms with Gasteiger partial charge in [0.1, 0.15) is 16.5 Å². The van der Waals surface area contributed by atoms with Crippen molar-refractivity contribution in [2.24, 2.45) is 7.05 Å². The van der Waals surface area contributed by atoms with E-state index in [2.05, 4.69) is 20.6 Å². The maximum Gasteiger partial charge on any atom is 0.275 e. The largest absolute Gasteiger partial charge is 0.497 e. The normalized spacial score (nSPS) is 10.6. The second-order valence-electron chi connectivity index (χ2n) is 4.85. The van der Waals surface area contributed by atoms with Crippen molar-refractivity contribution in [3.8, 4) is 17.0 Å². The third-order valence-corrected chi connectivity index (χ3v) is 3.98. The molecule has 0 bridgehead atoms. The Bertz CT molecular complexity index is 855. The van der Waals surface area contributed by atoms with Gasteiger partial charge in [0, 0.05) is 12.6 Å². The number of anilines is 1. The Morgan fingerprint density at radius 2 is 2.13 bits per heavy atom. The van der Waals surface area contributed by atoms with Crippen molar-refractivity contribution in [2.75, 3.05) is 12.4 Å². The first-order valence-corrected chi connectivity index (χ1v) is 7.68. The number of aryl methyl sites for hydroxylation is 2. The average Bonchev–Trinajstić information content (AvgIpc) is 3.13. The minimum absolute atomic E-state index is 0.273. The third-order valence-electron chi connectivity index (χ3n) is 3.22. The van der Waals surface area contributed by atoms with Crippen LogP contribution >= 0.6 is 11.3 Å². The van der Waals surface area contributed by atoms with Gasteiger partial charge < -0.3 is 4.74 Å². The number of nitrogens with one attached hydrogen (secondary N) is 1. The fraction of sp³-hybridized carbons (Fsp3) is 0.200. The number of benzene rings is 1. The molecule has 8 heteroatoms. The van der Waals surface area contributed by atoms with Gasteiger partial charge in [-0.1, -0.05) is 23.5 Å². The first-order chi connectivity index (χ1) is 11.1. The van der Waals surface area contributed by atoms with Crippen LogP contribution < -0.4 is 10.1 Å². The summed E-state index contributed by atoms with van der Waals surface area (Å²) >= 11 is 1.32. The Labute approximate surface area is 136 Å². The highest BCUT2D eigenvalue weighted by atomic mass is 32.1. The third kappa shape index (κ3) is 3.21. The molecule has 0 saturated carbocycles. The van der Waals surface area contributed by atoms with Crippen molar-refractivity contribution >= 4 is 22.4 Å². The molecule has 1 amide bonds. The molecule has 2 aromatic heterocycles. The van der Waals surface area contributed by atoms with Crippen LogP contribution in [0.25, 0.3) is 11.3 Å². The van der Waals surface area contributed by atoms with Gasteiger partial charge in [-0.15, -0.1) is 10.2 Å². The smallest absolute Gasteiger partial charge is 0.275 e. The number of amides is 1. The SMILES string of the molecule is COc1cccc(-c2cc(C(=O)Nc3nnc(C)s3)n(C)n2)c1. The number of hydrogen-bond acceptors (Lipinski definition) is 6. The lowest BCUT2D eigenvalue weighted by Crippen LogP contribution is -2.15. The van der Waals surface area contributed by atoms with E-state index in [-0.39, 0.29) is 5.91 Å². The molecule has 1 N–H and O–H groups in total. The van der Waals surface area contributed by atoms with E-state index in [1.807, 2.05) is 31.2 Å². The van der Waals surface area contributed by atoms with Crippen LogP contribution in [0.15, 0.2) is 30.3 Å². The van der Waals surface area contributed by atoms with Gasteiger partial charge in [-0.25, -0.2) is 0 Å². The number of hydrogen-bond donors (Lipinski definition) is 1. The number of methoxy groups -OCH3 is 1. The molecule has 3 aromatic rings. The maximum absolute atomic E-state index is 12.4. The molecular formula is C15H15N5O2S. The van der Waals surface area contributed by atoms with Gasteiger partial charge >= 0.3 is 0 Å². The molecule has 2 heterocycles. The monoisotopic (exact) mass is 329 g/mol. The van der Waals surface area contributed by atoms with E-state index in [0.29, 0.717) is 16.5 Å². The molecule has 0 unspecified atom stereocenters. The molecule has 0 fully saturated rings. The van der Waals surface area contributed by atoms with Crippen LogP contribution in [-0.2, 0) is 7.05 Å². The summed E-state index contributed by atoms with van der Waals surface area (Å²) in [5, 5.41) is 16.1. The number of aromatic nitrogens is 4. The van der Waals surface area contributed by atoms with E-state index in [1.165, 1.54) is 16.0 Å². The second kappa shape index (κ2) is 6.17. The fourth-order valence-corrected chi connectivity index (χ4v) is 2.70. The van der Waals surface area contributed by atoms with Gasteiger partial charge in [0.15, 0.2) is 0 Å². The summed E-state index contributed by atoms with van der Waals surface area (Å²) in [4.78, 5) is 12.4. The molecule has 23 heavy (non-hydrogen) atoms. The molecular weight excluding hydrogens is 314 g/mol. The molecule has 1 aromatic carbocycles. The summed E-state index contributed by atoms with van der Waals surface area (Å²) in [7, 11) is 3.34. The van der Waals surface area contributed by atoms with Gasteiger partial charge in [-0.2, -0.15) is 5.10 Å². The summed E-state index contributed by atoms with van der Waals surface area (Å²) < 4.78 is 6.75. The lowest BCUT2D eigenvalue weighted by atomic mass is 10.1. The van der Waals surface area contributed by atoms with Crippen LogP contribution in [0.1, 0.15) is 15.5 Å². The van der Waals surface area contributed by atoms with Gasteiger partial charge in [0.05, 0.1) is 12.8 Å². The van der Waals surface area contributed by atoms with Crippen molar-refractivity contribution in [1.29, 1.82) is 0 Å². The molecule has 0 radical (unpaired) electrons. The summed E-state index contributed by atoms with van der Waals surface area (Å²) in [5.74, 6) is 0.466. The van der Waals surface area contributed by atoms with Crippen LogP contribution in [0, 0.1) is 6.92 Å². The van der Waals surface area contributed by atoms with Crippen LogP contribution in [0.5, 0.6) is 5.75 Å². The molecule has 0 aliphatic carbocycles. The predicted octanol–water partition coefficient (Wildman–Crippen LogP) is 2.51. The number of carbonyl (C=O) groups excluding carboxylic acids is 1. The van der Waals surface area contributed by atoms with E-state index in [4.69, 9.17) is 4.74 Å². The van der Waals surface area contributed by atoms with Crippen LogP contribution in [0.3, 0.4) is 0 Å². The van der Waals surface area contributed by atoms with Crippen molar-refractivity contribution in [2.45, 2.75) is 6.92 Å². The number of rotatable bonds is 4. The molecule has 0 saturated heterocycles. The Balaban J connectivity index is 1.86. The lowest BCUT2D eigenvalue weighted by molar-refractivity contribution is 0.101. The predicted molar refractivity (Wildman–Crippen MR) is 87.8 cm³/mol. The topological polar surface area (TPSA) is 81.9 Å². The maximum atomic E-state index is 12.4. The van der Waals surface area contributed by atoms with Gasteiger partial charge in [-0.05, 0) is 25.1 Å². The van der Waals surface area contributed by atoms with Crippen molar-refractivity contribution in [3.63, 3.8) is 0 Å². The molecule has 0 aliphatic heterocycles. The number of carbonyl (C=O) groups is 1. The molecule has 7 nitrogen and oxygen atoms in total. The lowest BCUT2D eigenvalue weighted by Gasteiger charge is -2.01. The first-order valence-electron chi connectivity index (χ1n) is 6.87. The zero-order valence-corrected chi connectivity index (χ0v) is 13.7. The quantitative estimate of drug-likeness (QED) is 0.795. The molecule has 0 spiro atoms. The van der Waals surface area contributed by atoms with Crippen molar-refractivity contribution in [1.82, 2.24) is 20.0 Å². The van der Waals surface area contributed by atoms with E-state index in [9.17, 15) is 4.79 Å². The van der Waals surface area contributed by atoms with Crippen LogP contribution in [0.2, 0.25) is 0 Å². The Hall–Kier alpha value is -2.74. The second-order valence-corrected chi connectivity index (χ2v) is 6.03. The highest BCUT2D eigenvalue weighted by Gasteiger charge is 2.16. The number of nitrogens with zero attached hydrogens (tertiary/aromatic N) is 4. The van der Waals surface area contributed by atoms with Gasteiger partial charge in [-0.3, -0.25) is 14.8 Å². The standard InChI is InChI=1S/C15H15N5O2S/c1-9-17-18-15(23-9)16-14(21)13-8-12(19-20(13)2)10-5-4-6-11(7-10)22-3/h4-8H,1-3H3,(H,16,18,21). The molecule has 3 rings (SSSR count).